The number of hydrogen-bond acceptors (Lipinski definition) is 7. The molecule has 11 heteroatoms. The molecule has 1 saturated heterocycles. The SMILES string of the molecule is COC[C@H](C(=O)N[C@@H](CCCc1ccc(F)cc1)B1OC(C)(C)C(C)(C)O1)c1nccnc1C(N)=O. The number of rotatable bonds is 11. The summed E-state index contributed by atoms with van der Waals surface area (Å²) < 4.78 is 31.0. The Balaban J connectivity index is 1.81. The minimum Gasteiger partial charge on any atom is -0.402 e. The summed E-state index contributed by atoms with van der Waals surface area (Å²) in [7, 11) is 0.752. The van der Waals surface area contributed by atoms with E-state index in [-0.39, 0.29) is 23.8 Å². The quantitative estimate of drug-likeness (QED) is 0.455. The lowest BCUT2D eigenvalue weighted by Crippen LogP contribution is -2.50. The van der Waals surface area contributed by atoms with E-state index in [2.05, 4.69) is 15.3 Å². The molecule has 2 amide bonds. The van der Waals surface area contributed by atoms with Gasteiger partial charge in [0.15, 0.2) is 0 Å². The molecule has 2 atom stereocenters. The lowest BCUT2D eigenvalue weighted by molar-refractivity contribution is -0.124. The molecule has 2 aromatic rings. The Labute approximate surface area is 211 Å². The van der Waals surface area contributed by atoms with Crippen LogP contribution in [0.15, 0.2) is 36.7 Å². The van der Waals surface area contributed by atoms with Crippen LogP contribution in [0.5, 0.6) is 0 Å². The maximum Gasteiger partial charge on any atom is 0.481 e. The van der Waals surface area contributed by atoms with E-state index in [1.54, 1.807) is 12.1 Å². The Kier molecular flexibility index (Phi) is 8.81. The van der Waals surface area contributed by atoms with Crippen LogP contribution in [0.3, 0.4) is 0 Å². The number of carbonyl (C=O) groups is 2. The largest absolute Gasteiger partial charge is 0.481 e. The van der Waals surface area contributed by atoms with Crippen LogP contribution in [0.1, 0.15) is 68.2 Å². The van der Waals surface area contributed by atoms with Gasteiger partial charge in [0.05, 0.1) is 29.4 Å². The number of methoxy groups -OCH3 is 1. The topological polar surface area (TPSA) is 126 Å². The standard InChI is InChI=1S/C25H34BFN4O5/c1-24(2)25(3,4)36-26(35-24)19(8-6-7-16-9-11-17(27)12-10-16)31-23(33)18(15-34-5)20-21(22(28)32)30-14-13-29-20/h9-14,18-19H,6-8,15H2,1-5H3,(H2,28,32)(H,31,33)/t18-,19-/m0/s1. The Morgan fingerprint density at radius 3 is 2.31 bits per heavy atom. The first-order valence-corrected chi connectivity index (χ1v) is 12.0. The molecule has 1 fully saturated rings. The predicted molar refractivity (Wildman–Crippen MR) is 133 cm³/mol. The molecule has 1 aromatic carbocycles. The summed E-state index contributed by atoms with van der Waals surface area (Å²) in [4.78, 5) is 33.6. The Morgan fingerprint density at radius 1 is 1.11 bits per heavy atom. The molecule has 1 aromatic heterocycles. The van der Waals surface area contributed by atoms with Gasteiger partial charge in [-0.3, -0.25) is 14.6 Å². The predicted octanol–water partition coefficient (Wildman–Crippen LogP) is 2.58. The first-order valence-electron chi connectivity index (χ1n) is 12.0. The summed E-state index contributed by atoms with van der Waals surface area (Å²) in [6.07, 6.45) is 4.64. The Hall–Kier alpha value is -2.89. The molecule has 3 rings (SSSR count). The van der Waals surface area contributed by atoms with E-state index in [1.165, 1.54) is 31.6 Å². The van der Waals surface area contributed by atoms with Crippen LogP contribution in [0, 0.1) is 5.82 Å². The molecule has 9 nitrogen and oxygen atoms in total. The van der Waals surface area contributed by atoms with Crippen LogP contribution in [-0.2, 0) is 25.3 Å². The van der Waals surface area contributed by atoms with Gasteiger partial charge in [0.25, 0.3) is 5.91 Å². The van der Waals surface area contributed by atoms with E-state index >= 15 is 0 Å². The van der Waals surface area contributed by atoms with Crippen LogP contribution < -0.4 is 11.1 Å². The van der Waals surface area contributed by atoms with Gasteiger partial charge in [0, 0.05) is 19.5 Å². The summed E-state index contributed by atoms with van der Waals surface area (Å²) in [5.41, 5.74) is 5.32. The van der Waals surface area contributed by atoms with Gasteiger partial charge in [-0.15, -0.1) is 0 Å². The summed E-state index contributed by atoms with van der Waals surface area (Å²) in [6, 6.07) is 6.34. The third-order valence-electron chi connectivity index (χ3n) is 6.76. The second-order valence-corrected chi connectivity index (χ2v) is 9.92. The normalized spacial score (nSPS) is 18.0. The van der Waals surface area contributed by atoms with E-state index in [0.29, 0.717) is 19.3 Å². The monoisotopic (exact) mass is 500 g/mol. The molecule has 194 valence electrons. The van der Waals surface area contributed by atoms with Gasteiger partial charge in [-0.05, 0) is 64.7 Å². The van der Waals surface area contributed by atoms with Gasteiger partial charge < -0.3 is 25.1 Å². The lowest BCUT2D eigenvalue weighted by atomic mass is 9.75. The van der Waals surface area contributed by atoms with Crippen molar-refractivity contribution in [3.8, 4) is 0 Å². The van der Waals surface area contributed by atoms with Gasteiger partial charge in [0.1, 0.15) is 17.4 Å². The highest BCUT2D eigenvalue weighted by atomic mass is 19.1. The first-order chi connectivity index (χ1) is 16.9. The number of ether oxygens (including phenoxy) is 1. The number of aromatic nitrogens is 2. The number of nitrogens with two attached hydrogens (primary N) is 1. The van der Waals surface area contributed by atoms with Crippen molar-refractivity contribution in [2.75, 3.05) is 13.7 Å². The molecule has 0 bridgehead atoms. The van der Waals surface area contributed by atoms with Gasteiger partial charge >= 0.3 is 7.12 Å². The van der Waals surface area contributed by atoms with Gasteiger partial charge in [-0.1, -0.05) is 12.1 Å². The number of primary amides is 1. The number of amides is 2. The van der Waals surface area contributed by atoms with Crippen molar-refractivity contribution >= 4 is 18.9 Å². The number of nitrogens with one attached hydrogen (secondary N) is 1. The molecule has 2 heterocycles. The van der Waals surface area contributed by atoms with Crippen molar-refractivity contribution in [1.82, 2.24) is 15.3 Å². The summed E-state index contributed by atoms with van der Waals surface area (Å²) >= 11 is 0. The van der Waals surface area contributed by atoms with Gasteiger partial charge in [0.2, 0.25) is 5.91 Å². The highest BCUT2D eigenvalue weighted by molar-refractivity contribution is 6.48. The number of benzene rings is 1. The molecule has 0 aliphatic carbocycles. The fraction of sp³-hybridized carbons (Fsp3) is 0.520. The fourth-order valence-electron chi connectivity index (χ4n) is 4.03. The van der Waals surface area contributed by atoms with Crippen molar-refractivity contribution in [1.29, 1.82) is 0 Å². The maximum atomic E-state index is 13.5. The molecule has 0 unspecified atom stereocenters. The highest BCUT2D eigenvalue weighted by Crippen LogP contribution is 2.38. The number of halogens is 1. The molecule has 36 heavy (non-hydrogen) atoms. The van der Waals surface area contributed by atoms with Crippen LogP contribution in [0.25, 0.3) is 0 Å². The summed E-state index contributed by atoms with van der Waals surface area (Å²) in [5.74, 6) is -2.92. The second kappa shape index (κ2) is 11.4. The molecular formula is C25H34BFN4O5. The van der Waals surface area contributed by atoms with E-state index < -0.39 is 42.0 Å². The van der Waals surface area contributed by atoms with Crippen molar-refractivity contribution in [3.63, 3.8) is 0 Å². The summed E-state index contributed by atoms with van der Waals surface area (Å²) in [5, 5.41) is 3.03. The fourth-order valence-corrected chi connectivity index (χ4v) is 4.03. The second-order valence-electron chi connectivity index (χ2n) is 9.92. The molecular weight excluding hydrogens is 466 g/mol. The van der Waals surface area contributed by atoms with E-state index in [0.717, 1.165) is 5.56 Å². The van der Waals surface area contributed by atoms with Crippen molar-refractivity contribution in [3.05, 3.63) is 59.4 Å². The van der Waals surface area contributed by atoms with Crippen LogP contribution in [0.2, 0.25) is 0 Å². The number of hydrogen-bond donors (Lipinski definition) is 2. The van der Waals surface area contributed by atoms with Crippen LogP contribution in [-0.4, -0.2) is 59.8 Å². The zero-order valence-corrected chi connectivity index (χ0v) is 21.4. The molecule has 3 N–H and O–H groups in total. The molecule has 0 radical (unpaired) electrons. The molecule has 1 aliphatic rings. The maximum absolute atomic E-state index is 13.5. The van der Waals surface area contributed by atoms with E-state index in [4.69, 9.17) is 19.8 Å². The van der Waals surface area contributed by atoms with E-state index in [9.17, 15) is 14.0 Å². The smallest absolute Gasteiger partial charge is 0.402 e. The number of nitrogens with zero attached hydrogens (tertiary/aromatic N) is 2. The highest BCUT2D eigenvalue weighted by Gasteiger charge is 2.54. The van der Waals surface area contributed by atoms with Gasteiger partial charge in [-0.25, -0.2) is 9.37 Å². The minimum atomic E-state index is -0.923. The van der Waals surface area contributed by atoms with Crippen LogP contribution >= 0.6 is 0 Å². The van der Waals surface area contributed by atoms with Crippen LogP contribution in [0.4, 0.5) is 4.39 Å². The van der Waals surface area contributed by atoms with Gasteiger partial charge in [-0.2, -0.15) is 0 Å². The number of aryl methyl sites for hydroxylation is 1. The third-order valence-corrected chi connectivity index (χ3v) is 6.76. The van der Waals surface area contributed by atoms with Crippen molar-refractivity contribution < 1.29 is 28.0 Å². The first kappa shape index (κ1) is 27.7. The lowest BCUT2D eigenvalue weighted by Gasteiger charge is -2.32. The Morgan fingerprint density at radius 2 is 1.72 bits per heavy atom. The average molecular weight is 500 g/mol. The van der Waals surface area contributed by atoms with E-state index in [1.807, 2.05) is 27.7 Å². The molecule has 0 spiro atoms. The molecule has 0 saturated carbocycles. The van der Waals surface area contributed by atoms with Crippen molar-refractivity contribution in [2.45, 2.75) is 70.0 Å². The molecule has 1 aliphatic heterocycles. The number of carbonyl (C=O) groups excluding carboxylic acids is 2. The average Bonchev–Trinajstić information content (AvgIpc) is 3.04. The van der Waals surface area contributed by atoms with Crippen molar-refractivity contribution in [2.24, 2.45) is 5.73 Å². The Bertz CT molecular complexity index is 1050. The zero-order valence-electron chi connectivity index (χ0n) is 21.4. The zero-order chi connectivity index (χ0) is 26.5. The third kappa shape index (κ3) is 6.46. The summed E-state index contributed by atoms with van der Waals surface area (Å²) in [6.45, 7) is 7.73. The minimum absolute atomic E-state index is 0.0313.